The Bertz CT molecular complexity index is 208. The predicted molar refractivity (Wildman–Crippen MR) is 66.7 cm³/mol. The summed E-state index contributed by atoms with van der Waals surface area (Å²) in [5, 5.41) is 3.78. The molecule has 2 heterocycles. The molecule has 3 nitrogen and oxygen atoms in total. The molecule has 3 atom stereocenters. The number of piperidine rings is 1. The number of fused-ring (bicyclic) bond motifs is 2. The van der Waals surface area contributed by atoms with Gasteiger partial charge in [0, 0.05) is 31.3 Å². The van der Waals surface area contributed by atoms with Crippen molar-refractivity contribution in [2.24, 2.45) is 0 Å². The third-order valence-corrected chi connectivity index (χ3v) is 4.43. The Kier molecular flexibility index (Phi) is 4.22. The maximum absolute atomic E-state index is 5.25. The van der Waals surface area contributed by atoms with Crippen LogP contribution in [-0.4, -0.2) is 49.8 Å². The smallest absolute Gasteiger partial charge is 0.0615 e. The SMILES string of the molecule is CCC(COC)NC1CC2CCC(C1)N2C. The van der Waals surface area contributed by atoms with Crippen molar-refractivity contribution >= 4 is 0 Å². The van der Waals surface area contributed by atoms with Gasteiger partial charge < -0.3 is 15.0 Å². The second-order valence-electron chi connectivity index (χ2n) is 5.45. The second-order valence-corrected chi connectivity index (χ2v) is 5.45. The van der Waals surface area contributed by atoms with Gasteiger partial charge in [0.25, 0.3) is 0 Å². The summed E-state index contributed by atoms with van der Waals surface area (Å²) in [6.45, 7) is 3.08. The lowest BCUT2D eigenvalue weighted by molar-refractivity contribution is 0.118. The first kappa shape index (κ1) is 12.3. The number of rotatable bonds is 5. The van der Waals surface area contributed by atoms with Gasteiger partial charge in [0.2, 0.25) is 0 Å². The average molecular weight is 226 g/mol. The van der Waals surface area contributed by atoms with Crippen LogP contribution < -0.4 is 5.32 Å². The molecule has 0 aromatic rings. The third kappa shape index (κ3) is 2.58. The standard InChI is InChI=1S/C13H26N2O/c1-4-10(9-16-3)14-11-7-12-5-6-13(8-11)15(12)2/h10-14H,4-9H2,1-3H3. The Morgan fingerprint density at radius 1 is 1.31 bits per heavy atom. The Morgan fingerprint density at radius 3 is 2.44 bits per heavy atom. The second kappa shape index (κ2) is 5.48. The molecule has 2 aliphatic rings. The van der Waals surface area contributed by atoms with Crippen molar-refractivity contribution in [3.63, 3.8) is 0 Å². The Morgan fingerprint density at radius 2 is 1.94 bits per heavy atom. The average Bonchev–Trinajstić information content (AvgIpc) is 2.53. The van der Waals surface area contributed by atoms with Crippen molar-refractivity contribution in [3.8, 4) is 0 Å². The van der Waals surface area contributed by atoms with Gasteiger partial charge in [-0.25, -0.2) is 0 Å². The normalized spacial score (nSPS) is 36.6. The van der Waals surface area contributed by atoms with Crippen LogP contribution in [0.1, 0.15) is 39.0 Å². The van der Waals surface area contributed by atoms with Crippen molar-refractivity contribution in [3.05, 3.63) is 0 Å². The fourth-order valence-corrected chi connectivity index (χ4v) is 3.37. The zero-order chi connectivity index (χ0) is 11.5. The molecule has 0 aliphatic carbocycles. The molecule has 2 aliphatic heterocycles. The molecule has 94 valence electrons. The zero-order valence-corrected chi connectivity index (χ0v) is 10.9. The summed E-state index contributed by atoms with van der Waals surface area (Å²) in [4.78, 5) is 2.59. The molecule has 0 amide bonds. The molecule has 0 spiro atoms. The summed E-state index contributed by atoms with van der Waals surface area (Å²) in [6.07, 6.45) is 6.62. The topological polar surface area (TPSA) is 24.5 Å². The molecule has 1 N–H and O–H groups in total. The Labute approximate surface area is 99.5 Å². The molecule has 0 saturated carbocycles. The lowest BCUT2D eigenvalue weighted by Crippen LogP contribution is -2.50. The molecule has 3 heteroatoms. The van der Waals surface area contributed by atoms with Crippen LogP contribution in [-0.2, 0) is 4.74 Å². The van der Waals surface area contributed by atoms with Gasteiger partial charge in [0.1, 0.15) is 0 Å². The molecule has 2 fully saturated rings. The monoisotopic (exact) mass is 226 g/mol. The minimum atomic E-state index is 0.540. The largest absolute Gasteiger partial charge is 0.383 e. The molecule has 0 aromatic heterocycles. The highest BCUT2D eigenvalue weighted by Gasteiger charge is 2.38. The van der Waals surface area contributed by atoms with Crippen molar-refractivity contribution in [2.75, 3.05) is 20.8 Å². The molecule has 0 aromatic carbocycles. The number of methoxy groups -OCH3 is 1. The molecule has 2 saturated heterocycles. The van der Waals surface area contributed by atoms with Gasteiger partial charge in [-0.05, 0) is 39.2 Å². The molecule has 2 rings (SSSR count). The fourth-order valence-electron chi connectivity index (χ4n) is 3.37. The molecule has 3 unspecified atom stereocenters. The molecular weight excluding hydrogens is 200 g/mol. The van der Waals surface area contributed by atoms with Crippen molar-refractivity contribution in [2.45, 2.75) is 63.2 Å². The maximum atomic E-state index is 5.25. The maximum Gasteiger partial charge on any atom is 0.0615 e. The van der Waals surface area contributed by atoms with E-state index < -0.39 is 0 Å². The lowest BCUT2D eigenvalue weighted by atomic mass is 9.97. The van der Waals surface area contributed by atoms with E-state index in [4.69, 9.17) is 4.74 Å². The van der Waals surface area contributed by atoms with E-state index in [9.17, 15) is 0 Å². The minimum Gasteiger partial charge on any atom is -0.383 e. The Balaban J connectivity index is 1.83. The van der Waals surface area contributed by atoms with E-state index in [0.717, 1.165) is 25.1 Å². The first-order valence-corrected chi connectivity index (χ1v) is 6.71. The molecule has 16 heavy (non-hydrogen) atoms. The Hall–Kier alpha value is -0.120. The van der Waals surface area contributed by atoms with E-state index in [-0.39, 0.29) is 0 Å². The van der Waals surface area contributed by atoms with Crippen LogP contribution in [0.2, 0.25) is 0 Å². The predicted octanol–water partition coefficient (Wildman–Crippen LogP) is 1.63. The quantitative estimate of drug-likeness (QED) is 0.771. The number of nitrogens with zero attached hydrogens (tertiary/aromatic N) is 1. The summed E-state index contributed by atoms with van der Waals surface area (Å²) in [5.41, 5.74) is 0. The van der Waals surface area contributed by atoms with Crippen LogP contribution in [0, 0.1) is 0 Å². The van der Waals surface area contributed by atoms with Crippen LogP contribution in [0.4, 0.5) is 0 Å². The van der Waals surface area contributed by atoms with Gasteiger partial charge in [-0.3, -0.25) is 0 Å². The van der Waals surface area contributed by atoms with Gasteiger partial charge >= 0.3 is 0 Å². The van der Waals surface area contributed by atoms with Crippen LogP contribution in [0.5, 0.6) is 0 Å². The summed E-state index contributed by atoms with van der Waals surface area (Å²) in [7, 11) is 4.09. The molecular formula is C13H26N2O. The summed E-state index contributed by atoms with van der Waals surface area (Å²) >= 11 is 0. The highest BCUT2D eigenvalue weighted by molar-refractivity contribution is 4.96. The number of hydrogen-bond acceptors (Lipinski definition) is 3. The van der Waals surface area contributed by atoms with Crippen LogP contribution in [0.25, 0.3) is 0 Å². The van der Waals surface area contributed by atoms with E-state index in [1.165, 1.54) is 25.7 Å². The van der Waals surface area contributed by atoms with Gasteiger partial charge in [0.05, 0.1) is 6.61 Å². The van der Waals surface area contributed by atoms with Crippen molar-refractivity contribution in [1.82, 2.24) is 10.2 Å². The number of nitrogens with one attached hydrogen (secondary N) is 1. The van der Waals surface area contributed by atoms with E-state index in [0.29, 0.717) is 12.1 Å². The third-order valence-electron chi connectivity index (χ3n) is 4.43. The number of ether oxygens (including phenoxy) is 1. The highest BCUT2D eigenvalue weighted by atomic mass is 16.5. The van der Waals surface area contributed by atoms with Gasteiger partial charge in [-0.15, -0.1) is 0 Å². The van der Waals surface area contributed by atoms with Gasteiger partial charge in [-0.2, -0.15) is 0 Å². The number of hydrogen-bond donors (Lipinski definition) is 1. The highest BCUT2D eigenvalue weighted by Crippen LogP contribution is 2.34. The van der Waals surface area contributed by atoms with Gasteiger partial charge in [0.15, 0.2) is 0 Å². The summed E-state index contributed by atoms with van der Waals surface area (Å²) in [6, 6.07) is 2.92. The van der Waals surface area contributed by atoms with E-state index in [2.05, 4.69) is 24.2 Å². The van der Waals surface area contributed by atoms with E-state index in [1.807, 2.05) is 0 Å². The fraction of sp³-hybridized carbons (Fsp3) is 1.00. The first-order chi connectivity index (χ1) is 7.74. The lowest BCUT2D eigenvalue weighted by Gasteiger charge is -2.38. The molecule has 2 bridgehead atoms. The first-order valence-electron chi connectivity index (χ1n) is 6.71. The molecule has 0 radical (unpaired) electrons. The van der Waals surface area contributed by atoms with Crippen LogP contribution in [0.15, 0.2) is 0 Å². The minimum absolute atomic E-state index is 0.540. The zero-order valence-electron chi connectivity index (χ0n) is 10.9. The van der Waals surface area contributed by atoms with Gasteiger partial charge in [-0.1, -0.05) is 6.92 Å². The van der Waals surface area contributed by atoms with E-state index in [1.54, 1.807) is 7.11 Å². The summed E-state index contributed by atoms with van der Waals surface area (Å²) in [5.74, 6) is 0. The van der Waals surface area contributed by atoms with Crippen molar-refractivity contribution < 1.29 is 4.74 Å². The van der Waals surface area contributed by atoms with Crippen molar-refractivity contribution in [1.29, 1.82) is 0 Å². The van der Waals surface area contributed by atoms with Crippen LogP contribution >= 0.6 is 0 Å². The summed E-state index contributed by atoms with van der Waals surface area (Å²) < 4.78 is 5.25. The van der Waals surface area contributed by atoms with Crippen LogP contribution in [0.3, 0.4) is 0 Å². The van der Waals surface area contributed by atoms with E-state index >= 15 is 0 Å².